The van der Waals surface area contributed by atoms with Gasteiger partial charge in [0.25, 0.3) is 5.91 Å². The lowest BCUT2D eigenvalue weighted by Crippen LogP contribution is -2.37. The van der Waals surface area contributed by atoms with Crippen molar-refractivity contribution < 1.29 is 9.21 Å². The van der Waals surface area contributed by atoms with Crippen LogP contribution < -0.4 is 0 Å². The minimum absolute atomic E-state index is 0.162. The fourth-order valence-electron chi connectivity index (χ4n) is 3.47. The molecule has 3 heterocycles. The third kappa shape index (κ3) is 3.93. The SMILES string of the molecule is Cc1ccc(C=C2SC(N3CCC(Cc4ccccc4)CC3)=NC2=O)o1. The van der Waals surface area contributed by atoms with Crippen LogP contribution in [0.5, 0.6) is 0 Å². The largest absolute Gasteiger partial charge is 0.462 e. The van der Waals surface area contributed by atoms with Crippen molar-refractivity contribution in [2.75, 3.05) is 13.1 Å². The molecule has 1 fully saturated rings. The number of aryl methyl sites for hydroxylation is 1. The van der Waals surface area contributed by atoms with Gasteiger partial charge in [-0.15, -0.1) is 0 Å². The number of amidine groups is 1. The smallest absolute Gasteiger partial charge is 0.286 e. The molecule has 1 aromatic heterocycles. The highest BCUT2D eigenvalue weighted by atomic mass is 32.2. The van der Waals surface area contributed by atoms with E-state index in [0.29, 0.717) is 16.6 Å². The van der Waals surface area contributed by atoms with Crippen molar-refractivity contribution in [3.8, 4) is 0 Å². The Balaban J connectivity index is 1.34. The van der Waals surface area contributed by atoms with Crippen molar-refractivity contribution in [3.05, 3.63) is 64.5 Å². The molecule has 2 aliphatic heterocycles. The molecule has 1 aromatic carbocycles. The summed E-state index contributed by atoms with van der Waals surface area (Å²) in [6, 6.07) is 14.5. The molecule has 26 heavy (non-hydrogen) atoms. The number of carbonyl (C=O) groups is 1. The zero-order valence-corrected chi connectivity index (χ0v) is 15.7. The summed E-state index contributed by atoms with van der Waals surface area (Å²) in [7, 11) is 0. The Morgan fingerprint density at radius 3 is 2.65 bits per heavy atom. The molecule has 1 amide bonds. The molecule has 4 nitrogen and oxygen atoms in total. The number of carbonyl (C=O) groups excluding carboxylic acids is 1. The van der Waals surface area contributed by atoms with E-state index in [1.807, 2.05) is 19.1 Å². The fourth-order valence-corrected chi connectivity index (χ4v) is 4.41. The summed E-state index contributed by atoms with van der Waals surface area (Å²) >= 11 is 1.46. The first-order chi connectivity index (χ1) is 12.7. The maximum Gasteiger partial charge on any atom is 0.286 e. The average Bonchev–Trinajstić information content (AvgIpc) is 3.23. The van der Waals surface area contributed by atoms with Crippen LogP contribution in [0.15, 0.2) is 56.8 Å². The van der Waals surface area contributed by atoms with Gasteiger partial charge in [-0.25, -0.2) is 0 Å². The normalized spacial score (nSPS) is 20.0. The molecular weight excluding hydrogens is 344 g/mol. The second-order valence-corrected chi connectivity index (χ2v) is 7.89. The molecule has 0 saturated carbocycles. The van der Waals surface area contributed by atoms with E-state index >= 15 is 0 Å². The van der Waals surface area contributed by atoms with Gasteiger partial charge < -0.3 is 9.32 Å². The van der Waals surface area contributed by atoms with Gasteiger partial charge in [-0.1, -0.05) is 30.3 Å². The van der Waals surface area contributed by atoms with Crippen molar-refractivity contribution in [3.63, 3.8) is 0 Å². The number of hydrogen-bond donors (Lipinski definition) is 0. The van der Waals surface area contributed by atoms with Crippen LogP contribution in [0, 0.1) is 12.8 Å². The summed E-state index contributed by atoms with van der Waals surface area (Å²) in [6.45, 7) is 3.82. The number of thioether (sulfide) groups is 1. The lowest BCUT2D eigenvalue weighted by Gasteiger charge is -2.32. The Morgan fingerprint density at radius 1 is 1.19 bits per heavy atom. The lowest BCUT2D eigenvalue weighted by molar-refractivity contribution is -0.113. The summed E-state index contributed by atoms with van der Waals surface area (Å²) in [4.78, 5) is 19.3. The molecule has 4 rings (SSSR count). The topological polar surface area (TPSA) is 45.8 Å². The predicted octanol–water partition coefficient (Wildman–Crippen LogP) is 4.51. The maximum absolute atomic E-state index is 12.2. The van der Waals surface area contributed by atoms with Gasteiger partial charge in [0.15, 0.2) is 5.17 Å². The molecule has 2 aromatic rings. The summed E-state index contributed by atoms with van der Waals surface area (Å²) < 4.78 is 5.54. The fraction of sp³-hybridized carbons (Fsp3) is 0.333. The van der Waals surface area contributed by atoms with E-state index in [1.165, 1.54) is 17.3 Å². The van der Waals surface area contributed by atoms with Crippen LogP contribution in [0.2, 0.25) is 0 Å². The summed E-state index contributed by atoms with van der Waals surface area (Å²) in [5.41, 5.74) is 1.41. The van der Waals surface area contributed by atoms with Gasteiger partial charge in [-0.05, 0) is 61.6 Å². The molecule has 1 saturated heterocycles. The number of benzene rings is 1. The number of rotatable bonds is 3. The molecule has 0 unspecified atom stereocenters. The van der Waals surface area contributed by atoms with Gasteiger partial charge >= 0.3 is 0 Å². The van der Waals surface area contributed by atoms with E-state index in [4.69, 9.17) is 4.42 Å². The van der Waals surface area contributed by atoms with Crippen LogP contribution in [0.1, 0.15) is 29.9 Å². The standard InChI is InChI=1S/C21H22N2O2S/c1-15-7-8-18(25-15)14-19-20(24)22-21(26-19)23-11-9-17(10-12-23)13-16-5-3-2-4-6-16/h2-8,14,17H,9-13H2,1H3. The zero-order valence-electron chi connectivity index (χ0n) is 14.9. The van der Waals surface area contributed by atoms with Crippen LogP contribution >= 0.6 is 11.8 Å². The maximum atomic E-state index is 12.2. The second kappa shape index (κ2) is 7.54. The highest BCUT2D eigenvalue weighted by molar-refractivity contribution is 8.18. The highest BCUT2D eigenvalue weighted by Crippen LogP contribution is 2.33. The van der Waals surface area contributed by atoms with Gasteiger partial charge in [-0.3, -0.25) is 4.79 Å². The Kier molecular flexibility index (Phi) is 4.98. The monoisotopic (exact) mass is 366 g/mol. The molecule has 5 heteroatoms. The van der Waals surface area contributed by atoms with E-state index < -0.39 is 0 Å². The quantitative estimate of drug-likeness (QED) is 0.750. The third-order valence-corrected chi connectivity index (χ3v) is 5.94. The number of piperidine rings is 1. The Bertz CT molecular complexity index is 846. The molecule has 0 radical (unpaired) electrons. The Morgan fingerprint density at radius 2 is 1.96 bits per heavy atom. The van der Waals surface area contributed by atoms with E-state index in [0.717, 1.165) is 43.3 Å². The molecule has 134 valence electrons. The molecule has 0 atom stereocenters. The van der Waals surface area contributed by atoms with Crippen molar-refractivity contribution in [1.29, 1.82) is 0 Å². The van der Waals surface area contributed by atoms with E-state index in [-0.39, 0.29) is 5.91 Å². The van der Waals surface area contributed by atoms with Crippen LogP contribution in [-0.2, 0) is 11.2 Å². The van der Waals surface area contributed by atoms with Gasteiger partial charge in [0, 0.05) is 19.2 Å². The number of hydrogen-bond acceptors (Lipinski definition) is 4. The van der Waals surface area contributed by atoms with Crippen LogP contribution in [0.25, 0.3) is 6.08 Å². The molecular formula is C21H22N2O2S. The van der Waals surface area contributed by atoms with Crippen molar-refractivity contribution >= 4 is 28.9 Å². The number of furan rings is 1. The first kappa shape index (κ1) is 17.2. The second-order valence-electron chi connectivity index (χ2n) is 6.88. The Labute approximate surface area is 158 Å². The van der Waals surface area contributed by atoms with E-state index in [1.54, 1.807) is 6.08 Å². The molecule has 0 spiro atoms. The van der Waals surface area contributed by atoms with Crippen LogP contribution in [0.4, 0.5) is 0 Å². The first-order valence-electron chi connectivity index (χ1n) is 9.05. The zero-order chi connectivity index (χ0) is 17.9. The molecule has 0 bridgehead atoms. The first-order valence-corrected chi connectivity index (χ1v) is 9.87. The number of nitrogens with zero attached hydrogens (tertiary/aromatic N) is 2. The average molecular weight is 366 g/mol. The van der Waals surface area contributed by atoms with Gasteiger partial charge in [-0.2, -0.15) is 4.99 Å². The Hall–Kier alpha value is -2.27. The predicted molar refractivity (Wildman–Crippen MR) is 106 cm³/mol. The molecule has 0 aliphatic carbocycles. The third-order valence-electron chi connectivity index (χ3n) is 4.90. The molecule has 2 aliphatic rings. The van der Waals surface area contributed by atoms with Crippen LogP contribution in [-0.4, -0.2) is 29.1 Å². The van der Waals surface area contributed by atoms with E-state index in [9.17, 15) is 4.79 Å². The van der Waals surface area contributed by atoms with Crippen molar-refractivity contribution in [1.82, 2.24) is 4.90 Å². The number of amides is 1. The minimum Gasteiger partial charge on any atom is -0.462 e. The van der Waals surface area contributed by atoms with Gasteiger partial charge in [0.2, 0.25) is 0 Å². The summed E-state index contributed by atoms with van der Waals surface area (Å²) in [5.74, 6) is 2.09. The van der Waals surface area contributed by atoms with Crippen molar-refractivity contribution in [2.24, 2.45) is 10.9 Å². The molecule has 0 N–H and O–H groups in total. The lowest BCUT2D eigenvalue weighted by atomic mass is 9.90. The summed E-state index contributed by atoms with van der Waals surface area (Å²) in [5, 5.41) is 0.836. The van der Waals surface area contributed by atoms with Gasteiger partial charge in [0.05, 0.1) is 4.91 Å². The van der Waals surface area contributed by atoms with Gasteiger partial charge in [0.1, 0.15) is 11.5 Å². The summed E-state index contributed by atoms with van der Waals surface area (Å²) in [6.07, 6.45) is 5.20. The number of aliphatic imine (C=N–C) groups is 1. The highest BCUT2D eigenvalue weighted by Gasteiger charge is 2.29. The van der Waals surface area contributed by atoms with Crippen molar-refractivity contribution in [2.45, 2.75) is 26.2 Å². The van der Waals surface area contributed by atoms with Crippen LogP contribution in [0.3, 0.4) is 0 Å². The minimum atomic E-state index is -0.162. The van der Waals surface area contributed by atoms with E-state index in [2.05, 4.69) is 40.2 Å². The number of likely N-dealkylation sites (tertiary alicyclic amines) is 1.